The number of thiophene rings is 1. The second-order valence-corrected chi connectivity index (χ2v) is 7.71. The normalized spacial score (nSPS) is 20.2. The van der Waals surface area contributed by atoms with Gasteiger partial charge in [0.2, 0.25) is 0 Å². The molecule has 24 heavy (non-hydrogen) atoms. The molecule has 2 aromatic heterocycles. The molecule has 4 rings (SSSR count). The molecule has 0 bridgehead atoms. The number of hydrogen-bond acceptors (Lipinski definition) is 5. The predicted molar refractivity (Wildman–Crippen MR) is 90.3 cm³/mol. The third kappa shape index (κ3) is 2.66. The zero-order valence-corrected chi connectivity index (χ0v) is 14.5. The molecule has 1 spiro atoms. The third-order valence-corrected chi connectivity index (χ3v) is 6.35. The quantitative estimate of drug-likeness (QED) is 0.922. The molecule has 0 saturated carbocycles. The monoisotopic (exact) mass is 347 g/mol. The number of piperidine rings is 1. The van der Waals surface area contributed by atoms with Gasteiger partial charge in [0, 0.05) is 43.8 Å². The zero-order chi connectivity index (χ0) is 16.7. The van der Waals surface area contributed by atoms with Crippen LogP contribution < -0.4 is 0 Å². The lowest BCUT2D eigenvalue weighted by molar-refractivity contribution is -0.0983. The second kappa shape index (κ2) is 5.98. The topological polar surface area (TPSA) is 67.6 Å². The van der Waals surface area contributed by atoms with Crippen LogP contribution >= 0.6 is 11.3 Å². The minimum atomic E-state index is -0.836. The largest absolute Gasteiger partial charge is 0.477 e. The zero-order valence-electron chi connectivity index (χ0n) is 13.7. The van der Waals surface area contributed by atoms with Crippen molar-refractivity contribution in [3.63, 3.8) is 0 Å². The number of carbonyl (C=O) groups is 1. The van der Waals surface area contributed by atoms with Crippen LogP contribution in [0.25, 0.3) is 0 Å². The molecule has 1 saturated heterocycles. The molecule has 0 amide bonds. The Balaban J connectivity index is 1.51. The van der Waals surface area contributed by atoms with Crippen LogP contribution in [0.4, 0.5) is 0 Å². The van der Waals surface area contributed by atoms with E-state index in [9.17, 15) is 9.90 Å². The number of aryl methyl sites for hydroxylation is 1. The van der Waals surface area contributed by atoms with E-state index in [0.717, 1.165) is 50.3 Å². The number of imidazole rings is 1. The van der Waals surface area contributed by atoms with Crippen LogP contribution in [-0.4, -0.2) is 45.2 Å². The molecule has 2 aromatic rings. The average molecular weight is 347 g/mol. The van der Waals surface area contributed by atoms with Gasteiger partial charge in [-0.05, 0) is 24.5 Å². The van der Waals surface area contributed by atoms with Crippen LogP contribution in [0.1, 0.15) is 38.8 Å². The summed E-state index contributed by atoms with van der Waals surface area (Å²) in [5, 5.41) is 9.28. The van der Waals surface area contributed by atoms with Gasteiger partial charge in [-0.2, -0.15) is 0 Å². The molecule has 1 N–H and O–H groups in total. The molecule has 2 aliphatic rings. The van der Waals surface area contributed by atoms with E-state index in [-0.39, 0.29) is 5.60 Å². The number of ether oxygens (including phenoxy) is 1. The molecular formula is C17H21N3O3S. The highest BCUT2D eigenvalue weighted by molar-refractivity contribution is 7.14. The maximum absolute atomic E-state index is 11.3. The Morgan fingerprint density at radius 1 is 1.46 bits per heavy atom. The molecule has 0 aliphatic carbocycles. The highest BCUT2D eigenvalue weighted by Crippen LogP contribution is 2.44. The summed E-state index contributed by atoms with van der Waals surface area (Å²) in [5.74, 6) is 0.233. The lowest BCUT2D eigenvalue weighted by Gasteiger charge is -2.44. The van der Waals surface area contributed by atoms with Crippen molar-refractivity contribution in [3.8, 4) is 0 Å². The van der Waals surface area contributed by atoms with Crippen LogP contribution in [0.2, 0.25) is 0 Å². The van der Waals surface area contributed by atoms with Crippen molar-refractivity contribution in [3.05, 3.63) is 39.6 Å². The van der Waals surface area contributed by atoms with Crippen molar-refractivity contribution in [2.45, 2.75) is 31.4 Å². The van der Waals surface area contributed by atoms with Crippen molar-refractivity contribution in [2.24, 2.45) is 7.05 Å². The molecule has 0 radical (unpaired) electrons. The standard InChI is InChI=1S/C17H21N3O3S/c1-19-8-5-18-15(19)11-20-6-3-17(4-7-20)12-10-14(16(21)22)24-13(12)2-9-23-17/h5,8,10H,2-4,6-7,9,11H2,1H3,(H,21,22). The van der Waals surface area contributed by atoms with Crippen molar-refractivity contribution >= 4 is 17.3 Å². The summed E-state index contributed by atoms with van der Waals surface area (Å²) in [6, 6.07) is 1.84. The summed E-state index contributed by atoms with van der Waals surface area (Å²) in [6.45, 7) is 3.40. The number of likely N-dealkylation sites (tertiary alicyclic amines) is 1. The van der Waals surface area contributed by atoms with Gasteiger partial charge in [0.1, 0.15) is 10.7 Å². The lowest BCUT2D eigenvalue weighted by Crippen LogP contribution is -2.46. The maximum atomic E-state index is 11.3. The van der Waals surface area contributed by atoms with Crippen LogP contribution in [0.5, 0.6) is 0 Å². The Bertz CT molecular complexity index is 759. The van der Waals surface area contributed by atoms with Gasteiger partial charge in [-0.3, -0.25) is 4.90 Å². The van der Waals surface area contributed by atoms with Crippen LogP contribution in [0.15, 0.2) is 18.5 Å². The van der Waals surface area contributed by atoms with E-state index in [1.807, 2.05) is 25.5 Å². The molecule has 0 aromatic carbocycles. The number of hydrogen-bond donors (Lipinski definition) is 1. The van der Waals surface area contributed by atoms with Crippen molar-refractivity contribution in [1.29, 1.82) is 0 Å². The highest BCUT2D eigenvalue weighted by atomic mass is 32.1. The molecule has 0 unspecified atom stereocenters. The summed E-state index contributed by atoms with van der Waals surface area (Å²) < 4.78 is 8.25. The first kappa shape index (κ1) is 15.8. The first-order valence-electron chi connectivity index (χ1n) is 8.26. The average Bonchev–Trinajstić information content (AvgIpc) is 3.18. The van der Waals surface area contributed by atoms with Crippen molar-refractivity contribution in [1.82, 2.24) is 14.5 Å². The summed E-state index contributed by atoms with van der Waals surface area (Å²) >= 11 is 1.41. The second-order valence-electron chi connectivity index (χ2n) is 6.58. The first-order valence-corrected chi connectivity index (χ1v) is 9.08. The van der Waals surface area contributed by atoms with Crippen molar-refractivity contribution in [2.75, 3.05) is 19.7 Å². The fourth-order valence-electron chi connectivity index (χ4n) is 3.76. The molecule has 128 valence electrons. The molecule has 6 nitrogen and oxygen atoms in total. The molecule has 2 aliphatic heterocycles. The van der Waals surface area contributed by atoms with E-state index in [2.05, 4.69) is 14.5 Å². The van der Waals surface area contributed by atoms with Gasteiger partial charge in [0.25, 0.3) is 0 Å². The van der Waals surface area contributed by atoms with Gasteiger partial charge >= 0.3 is 5.97 Å². The SMILES string of the molecule is Cn1ccnc1CN1CCC2(CC1)OCCc1sc(C(=O)O)cc12. The number of aromatic nitrogens is 2. The Hall–Kier alpha value is -1.70. The Morgan fingerprint density at radius 3 is 2.92 bits per heavy atom. The van der Waals surface area contributed by atoms with Crippen molar-refractivity contribution < 1.29 is 14.6 Å². The predicted octanol–water partition coefficient (Wildman–Crippen LogP) is 2.24. The molecule has 0 atom stereocenters. The Morgan fingerprint density at radius 2 is 2.25 bits per heavy atom. The smallest absolute Gasteiger partial charge is 0.345 e. The first-order chi connectivity index (χ1) is 11.6. The number of rotatable bonds is 3. The van der Waals surface area contributed by atoms with Gasteiger partial charge in [0.15, 0.2) is 0 Å². The molecular weight excluding hydrogens is 326 g/mol. The third-order valence-electron chi connectivity index (χ3n) is 5.17. The number of carboxylic acid groups (broad SMARTS) is 1. The van der Waals surface area contributed by atoms with E-state index in [1.165, 1.54) is 16.2 Å². The summed E-state index contributed by atoms with van der Waals surface area (Å²) in [6.07, 6.45) is 6.43. The van der Waals surface area contributed by atoms with Crippen LogP contribution in [-0.2, 0) is 30.4 Å². The molecule has 4 heterocycles. The highest BCUT2D eigenvalue weighted by Gasteiger charge is 2.42. The molecule has 1 fully saturated rings. The van der Waals surface area contributed by atoms with E-state index < -0.39 is 5.97 Å². The van der Waals surface area contributed by atoms with E-state index in [0.29, 0.717) is 11.5 Å². The summed E-state index contributed by atoms with van der Waals surface area (Å²) in [5.41, 5.74) is 0.823. The number of fused-ring (bicyclic) bond motifs is 2. The van der Waals surface area contributed by atoms with Gasteiger partial charge in [0.05, 0.1) is 18.8 Å². The maximum Gasteiger partial charge on any atom is 0.345 e. The Kier molecular flexibility index (Phi) is 3.94. The van der Waals surface area contributed by atoms with Gasteiger partial charge in [-0.15, -0.1) is 11.3 Å². The Labute approximate surface area is 144 Å². The fourth-order valence-corrected chi connectivity index (χ4v) is 4.83. The fraction of sp³-hybridized carbons (Fsp3) is 0.529. The summed E-state index contributed by atoms with van der Waals surface area (Å²) in [7, 11) is 2.02. The van der Waals surface area contributed by atoms with Crippen LogP contribution in [0.3, 0.4) is 0 Å². The van der Waals surface area contributed by atoms with Gasteiger partial charge in [-0.25, -0.2) is 9.78 Å². The molecule has 7 heteroatoms. The van der Waals surface area contributed by atoms with E-state index in [1.54, 1.807) is 0 Å². The van der Waals surface area contributed by atoms with Gasteiger partial charge < -0.3 is 14.4 Å². The van der Waals surface area contributed by atoms with Gasteiger partial charge in [-0.1, -0.05) is 0 Å². The number of carboxylic acids is 1. The number of aromatic carboxylic acids is 1. The van der Waals surface area contributed by atoms with E-state index >= 15 is 0 Å². The minimum absolute atomic E-state index is 0.296. The van der Waals surface area contributed by atoms with E-state index in [4.69, 9.17) is 4.74 Å². The number of nitrogens with zero attached hydrogens (tertiary/aromatic N) is 3. The summed E-state index contributed by atoms with van der Waals surface area (Å²) in [4.78, 5) is 19.7. The van der Waals surface area contributed by atoms with Crippen LogP contribution in [0, 0.1) is 0 Å². The minimum Gasteiger partial charge on any atom is -0.477 e. The lowest BCUT2D eigenvalue weighted by atomic mass is 9.82.